The van der Waals surface area contributed by atoms with Gasteiger partial charge in [0, 0.05) is 42.7 Å². The van der Waals surface area contributed by atoms with Gasteiger partial charge in [0.05, 0.1) is 7.11 Å². The van der Waals surface area contributed by atoms with Crippen LogP contribution in [-0.4, -0.2) is 49.0 Å². The molecule has 1 saturated heterocycles. The zero-order valence-electron chi connectivity index (χ0n) is 13.3. The Hall–Kier alpha value is -1.15. The fourth-order valence-corrected chi connectivity index (χ4v) is 5.00. The highest BCUT2D eigenvalue weighted by molar-refractivity contribution is 8.77. The lowest BCUT2D eigenvalue weighted by molar-refractivity contribution is -0.135. The number of carbonyl (C=O) groups is 3. The molecule has 0 aromatic rings. The first-order chi connectivity index (χ1) is 11.1. The third-order valence-corrected chi connectivity index (χ3v) is 6.23. The molecule has 1 aliphatic heterocycles. The van der Waals surface area contributed by atoms with Crippen molar-refractivity contribution in [2.24, 2.45) is 0 Å². The average Bonchev–Trinajstić information content (AvgIpc) is 3.06. The van der Waals surface area contributed by atoms with Crippen LogP contribution in [0.25, 0.3) is 0 Å². The standard InChI is InChI=1S/C15H24N2O4S2/c1-21-15(20)7-6-14(19)17-10-9-16-13(18)5-3-2-4-12-8-11-22-23-12/h6-7,12H,2-5,8-11H2,1H3,(H,16,18)(H,17,19)/t12-/m1/s1. The van der Waals surface area contributed by atoms with Gasteiger partial charge >= 0.3 is 5.97 Å². The maximum atomic E-state index is 11.6. The molecule has 8 heteroatoms. The third-order valence-electron chi connectivity index (χ3n) is 3.23. The molecule has 0 spiro atoms. The van der Waals surface area contributed by atoms with E-state index in [0.29, 0.717) is 19.5 Å². The molecule has 1 heterocycles. The fourth-order valence-electron chi connectivity index (χ4n) is 1.97. The summed E-state index contributed by atoms with van der Waals surface area (Å²) in [6.45, 7) is 0.706. The van der Waals surface area contributed by atoms with Crippen LogP contribution in [0, 0.1) is 0 Å². The van der Waals surface area contributed by atoms with E-state index >= 15 is 0 Å². The van der Waals surface area contributed by atoms with E-state index in [1.165, 1.54) is 25.7 Å². The van der Waals surface area contributed by atoms with E-state index in [9.17, 15) is 14.4 Å². The van der Waals surface area contributed by atoms with Crippen LogP contribution in [0.2, 0.25) is 0 Å². The first kappa shape index (κ1) is 19.9. The molecular weight excluding hydrogens is 336 g/mol. The minimum Gasteiger partial charge on any atom is -0.466 e. The number of hydrogen-bond acceptors (Lipinski definition) is 6. The Bertz CT molecular complexity index is 424. The molecule has 2 N–H and O–H groups in total. The molecule has 0 aliphatic carbocycles. The quantitative estimate of drug-likeness (QED) is 0.267. The molecule has 6 nitrogen and oxygen atoms in total. The van der Waals surface area contributed by atoms with E-state index in [-0.39, 0.29) is 5.91 Å². The fraction of sp³-hybridized carbons (Fsp3) is 0.667. The molecule has 1 aliphatic rings. The Labute approximate surface area is 144 Å². The van der Waals surface area contributed by atoms with E-state index in [4.69, 9.17) is 0 Å². The van der Waals surface area contributed by atoms with Crippen molar-refractivity contribution in [1.82, 2.24) is 10.6 Å². The highest BCUT2D eigenvalue weighted by Crippen LogP contribution is 2.39. The summed E-state index contributed by atoms with van der Waals surface area (Å²) in [5.74, 6) is 0.286. The second-order valence-corrected chi connectivity index (χ2v) is 7.86. The number of carbonyl (C=O) groups excluding carboxylic acids is 3. The summed E-state index contributed by atoms with van der Waals surface area (Å²) in [6, 6.07) is 0. The maximum Gasteiger partial charge on any atom is 0.330 e. The Kier molecular flexibility index (Phi) is 10.6. The van der Waals surface area contributed by atoms with Crippen LogP contribution in [-0.2, 0) is 19.1 Å². The molecule has 1 fully saturated rings. The summed E-state index contributed by atoms with van der Waals surface area (Å²) in [5.41, 5.74) is 0. The summed E-state index contributed by atoms with van der Waals surface area (Å²) in [5, 5.41) is 6.09. The molecule has 0 bridgehead atoms. The summed E-state index contributed by atoms with van der Waals surface area (Å²) in [7, 11) is 5.15. The summed E-state index contributed by atoms with van der Waals surface area (Å²) < 4.78 is 4.37. The molecule has 0 unspecified atom stereocenters. The lowest BCUT2D eigenvalue weighted by Crippen LogP contribution is -2.33. The first-order valence-corrected chi connectivity index (χ1v) is 10.1. The van der Waals surface area contributed by atoms with Crippen LogP contribution in [0.4, 0.5) is 0 Å². The zero-order chi connectivity index (χ0) is 16.9. The number of nitrogens with one attached hydrogen (secondary N) is 2. The van der Waals surface area contributed by atoms with Crippen LogP contribution in [0.1, 0.15) is 32.1 Å². The van der Waals surface area contributed by atoms with Crippen LogP contribution in [0.3, 0.4) is 0 Å². The molecule has 1 rings (SSSR count). The molecule has 0 aromatic heterocycles. The van der Waals surface area contributed by atoms with Crippen molar-refractivity contribution in [3.63, 3.8) is 0 Å². The van der Waals surface area contributed by atoms with Crippen LogP contribution < -0.4 is 10.6 Å². The third kappa shape index (κ3) is 10.3. The van der Waals surface area contributed by atoms with E-state index in [2.05, 4.69) is 15.4 Å². The first-order valence-electron chi connectivity index (χ1n) is 7.70. The smallest absolute Gasteiger partial charge is 0.330 e. The second kappa shape index (κ2) is 12.3. The van der Waals surface area contributed by atoms with Crippen LogP contribution in [0.15, 0.2) is 12.2 Å². The van der Waals surface area contributed by atoms with Gasteiger partial charge in [-0.15, -0.1) is 0 Å². The monoisotopic (exact) mass is 360 g/mol. The van der Waals surface area contributed by atoms with Gasteiger partial charge in [-0.2, -0.15) is 0 Å². The van der Waals surface area contributed by atoms with Crippen molar-refractivity contribution in [3.05, 3.63) is 12.2 Å². The van der Waals surface area contributed by atoms with Gasteiger partial charge in [-0.1, -0.05) is 28.0 Å². The Balaban J connectivity index is 1.95. The van der Waals surface area contributed by atoms with E-state index in [1.54, 1.807) is 0 Å². The molecule has 0 radical (unpaired) electrons. The minimum atomic E-state index is -0.581. The normalized spacial score (nSPS) is 17.2. The largest absolute Gasteiger partial charge is 0.466 e. The summed E-state index contributed by atoms with van der Waals surface area (Å²) in [6.07, 6.45) is 7.14. The highest BCUT2D eigenvalue weighted by Gasteiger charge is 2.15. The summed E-state index contributed by atoms with van der Waals surface area (Å²) in [4.78, 5) is 33.7. The van der Waals surface area contributed by atoms with Gasteiger partial charge in [-0.25, -0.2) is 4.79 Å². The van der Waals surface area contributed by atoms with Crippen molar-refractivity contribution < 1.29 is 19.1 Å². The van der Waals surface area contributed by atoms with Crippen molar-refractivity contribution in [2.45, 2.75) is 37.4 Å². The highest BCUT2D eigenvalue weighted by atomic mass is 33.1. The predicted octanol–water partition coefficient (Wildman–Crippen LogP) is 1.66. The predicted molar refractivity (Wildman–Crippen MR) is 94.1 cm³/mol. The van der Waals surface area contributed by atoms with Crippen molar-refractivity contribution >= 4 is 39.4 Å². The summed E-state index contributed by atoms with van der Waals surface area (Å²) >= 11 is 0. The average molecular weight is 361 g/mol. The number of ether oxygens (including phenoxy) is 1. The van der Waals surface area contributed by atoms with Gasteiger partial charge in [-0.3, -0.25) is 9.59 Å². The Morgan fingerprint density at radius 2 is 1.96 bits per heavy atom. The number of rotatable bonds is 10. The van der Waals surface area contributed by atoms with E-state index in [1.807, 2.05) is 21.6 Å². The number of amides is 2. The van der Waals surface area contributed by atoms with Gasteiger partial charge in [0.25, 0.3) is 0 Å². The Morgan fingerprint density at radius 3 is 2.65 bits per heavy atom. The van der Waals surface area contributed by atoms with Crippen LogP contribution >= 0.6 is 21.6 Å². The number of esters is 1. The molecule has 0 aromatic carbocycles. The van der Waals surface area contributed by atoms with Crippen LogP contribution in [0.5, 0.6) is 0 Å². The van der Waals surface area contributed by atoms with Gasteiger partial charge in [-0.05, 0) is 19.3 Å². The minimum absolute atomic E-state index is 0.0119. The molecule has 23 heavy (non-hydrogen) atoms. The van der Waals surface area contributed by atoms with Gasteiger partial charge in [0.1, 0.15) is 0 Å². The molecular formula is C15H24N2O4S2. The number of unbranched alkanes of at least 4 members (excludes halogenated alkanes) is 1. The molecule has 0 saturated carbocycles. The number of hydrogen-bond donors (Lipinski definition) is 2. The van der Waals surface area contributed by atoms with Gasteiger partial charge in [0.15, 0.2) is 0 Å². The van der Waals surface area contributed by atoms with Crippen molar-refractivity contribution in [2.75, 3.05) is 26.0 Å². The second-order valence-electron chi connectivity index (χ2n) is 5.07. The molecule has 2 amide bonds. The van der Waals surface area contributed by atoms with Crippen molar-refractivity contribution in [1.29, 1.82) is 0 Å². The van der Waals surface area contributed by atoms with Gasteiger partial charge < -0.3 is 15.4 Å². The maximum absolute atomic E-state index is 11.6. The lowest BCUT2D eigenvalue weighted by Gasteiger charge is -2.08. The van der Waals surface area contributed by atoms with E-state index < -0.39 is 11.9 Å². The topological polar surface area (TPSA) is 84.5 Å². The Morgan fingerprint density at radius 1 is 1.17 bits per heavy atom. The number of methoxy groups -OCH3 is 1. The van der Waals surface area contributed by atoms with E-state index in [0.717, 1.165) is 30.2 Å². The molecule has 1 atom stereocenters. The zero-order valence-corrected chi connectivity index (χ0v) is 15.0. The van der Waals surface area contributed by atoms with Crippen molar-refractivity contribution in [3.8, 4) is 0 Å². The van der Waals surface area contributed by atoms with Gasteiger partial charge in [0.2, 0.25) is 11.8 Å². The molecule has 130 valence electrons. The SMILES string of the molecule is COC(=O)C=CC(=O)NCCNC(=O)CCCC[C@@H]1CCSS1. The lowest BCUT2D eigenvalue weighted by atomic mass is 10.1.